The second-order valence-corrected chi connectivity index (χ2v) is 11.3. The van der Waals surface area contributed by atoms with E-state index in [1.54, 1.807) is 17.7 Å². The minimum atomic E-state index is 0.0380. The fourth-order valence-corrected chi connectivity index (χ4v) is 5.32. The molecule has 3 nitrogen and oxygen atoms in total. The lowest BCUT2D eigenvalue weighted by Gasteiger charge is -2.22. The van der Waals surface area contributed by atoms with Crippen LogP contribution in [0.15, 0.2) is 67.0 Å². The van der Waals surface area contributed by atoms with Crippen LogP contribution >= 0.6 is 11.3 Å². The largest absolute Gasteiger partial charge is 0.252 e. The Balaban J connectivity index is 1.58. The van der Waals surface area contributed by atoms with Crippen LogP contribution in [0.4, 0.5) is 0 Å². The molecular weight excluding hydrogens is 422 g/mol. The van der Waals surface area contributed by atoms with E-state index in [9.17, 15) is 0 Å². The third-order valence-electron chi connectivity index (χ3n) is 5.93. The van der Waals surface area contributed by atoms with Crippen molar-refractivity contribution in [1.29, 1.82) is 0 Å². The summed E-state index contributed by atoms with van der Waals surface area (Å²) in [6.07, 6.45) is 2.68. The van der Waals surface area contributed by atoms with E-state index < -0.39 is 0 Å². The molecule has 3 aromatic heterocycles. The van der Waals surface area contributed by atoms with Crippen molar-refractivity contribution < 1.29 is 0 Å². The Hall–Kier alpha value is -3.11. The summed E-state index contributed by atoms with van der Waals surface area (Å²) < 4.78 is 1.19. The van der Waals surface area contributed by atoms with E-state index in [1.165, 1.54) is 21.0 Å². The number of rotatable bonds is 4. The molecule has 0 aliphatic rings. The van der Waals surface area contributed by atoms with Crippen LogP contribution in [0.2, 0.25) is 0 Å². The average Bonchev–Trinajstić information content (AvgIpc) is 3.21. The van der Waals surface area contributed by atoms with Gasteiger partial charge in [-0.2, -0.15) is 0 Å². The molecule has 0 radical (unpaired) electrons. The van der Waals surface area contributed by atoms with Crippen LogP contribution in [0.5, 0.6) is 0 Å². The second kappa shape index (κ2) is 8.35. The van der Waals surface area contributed by atoms with Gasteiger partial charge in [0.05, 0.1) is 26.5 Å². The molecule has 166 valence electrons. The van der Waals surface area contributed by atoms with Crippen LogP contribution in [-0.4, -0.2) is 15.0 Å². The summed E-state index contributed by atoms with van der Waals surface area (Å²) in [6, 6.07) is 21.7. The molecule has 0 amide bonds. The van der Waals surface area contributed by atoms with Crippen molar-refractivity contribution in [1.82, 2.24) is 15.0 Å². The average molecular weight is 452 g/mol. The smallest absolute Gasteiger partial charge is 0.116 e. The van der Waals surface area contributed by atoms with Gasteiger partial charge in [0.25, 0.3) is 0 Å². The molecule has 0 fully saturated rings. The summed E-state index contributed by atoms with van der Waals surface area (Å²) in [5, 5.41) is 2.54. The van der Waals surface area contributed by atoms with Gasteiger partial charge in [-0.25, -0.2) is 9.97 Å². The quantitative estimate of drug-likeness (QED) is 0.277. The molecule has 0 saturated heterocycles. The Bertz CT molecular complexity index is 1460. The number of thiophene rings is 1. The van der Waals surface area contributed by atoms with Crippen LogP contribution in [0, 0.1) is 5.92 Å². The number of benzene rings is 2. The molecule has 4 heteroatoms. The molecule has 5 rings (SSSR count). The molecular formula is C29H29N3S. The Morgan fingerprint density at radius 3 is 2.45 bits per heavy atom. The predicted octanol–water partition coefficient (Wildman–Crippen LogP) is 8.07. The van der Waals surface area contributed by atoms with Gasteiger partial charge in [0, 0.05) is 11.3 Å². The van der Waals surface area contributed by atoms with Crippen LogP contribution in [-0.2, 0) is 11.8 Å². The van der Waals surface area contributed by atoms with Gasteiger partial charge in [-0.05, 0) is 70.5 Å². The second-order valence-electron chi connectivity index (χ2n) is 10.2. The molecule has 0 atom stereocenters. The van der Waals surface area contributed by atoms with Crippen molar-refractivity contribution in [2.24, 2.45) is 5.92 Å². The highest BCUT2D eigenvalue weighted by molar-refractivity contribution is 7.22. The van der Waals surface area contributed by atoms with Gasteiger partial charge >= 0.3 is 0 Å². The van der Waals surface area contributed by atoms with E-state index in [2.05, 4.69) is 105 Å². The molecule has 0 spiro atoms. The minimum absolute atomic E-state index is 0.0380. The Kier molecular flexibility index (Phi) is 5.49. The summed E-state index contributed by atoms with van der Waals surface area (Å²) in [6.45, 7) is 11.3. The Morgan fingerprint density at radius 1 is 0.879 bits per heavy atom. The first-order chi connectivity index (χ1) is 15.8. The maximum absolute atomic E-state index is 4.88. The first kappa shape index (κ1) is 21.7. The highest BCUT2D eigenvalue weighted by atomic mass is 32.1. The van der Waals surface area contributed by atoms with Crippen molar-refractivity contribution in [2.75, 3.05) is 0 Å². The van der Waals surface area contributed by atoms with E-state index in [4.69, 9.17) is 4.98 Å². The Labute approximate surface area is 199 Å². The van der Waals surface area contributed by atoms with Crippen LogP contribution in [0.1, 0.15) is 45.9 Å². The third kappa shape index (κ3) is 4.40. The lowest BCUT2D eigenvalue weighted by molar-refractivity contribution is 0.596. The van der Waals surface area contributed by atoms with Gasteiger partial charge in [0.2, 0.25) is 0 Å². The van der Waals surface area contributed by atoms with E-state index in [0.717, 1.165) is 39.5 Å². The van der Waals surface area contributed by atoms with E-state index in [1.807, 2.05) is 0 Å². The predicted molar refractivity (Wildman–Crippen MR) is 141 cm³/mol. The summed E-state index contributed by atoms with van der Waals surface area (Å²) in [7, 11) is 0. The lowest BCUT2D eigenvalue weighted by atomic mass is 9.82. The van der Waals surface area contributed by atoms with Gasteiger partial charge in [0.1, 0.15) is 6.33 Å². The van der Waals surface area contributed by atoms with Gasteiger partial charge < -0.3 is 0 Å². The first-order valence-electron chi connectivity index (χ1n) is 11.5. The molecule has 5 aromatic rings. The zero-order valence-corrected chi connectivity index (χ0v) is 20.7. The van der Waals surface area contributed by atoms with E-state index in [-0.39, 0.29) is 5.41 Å². The highest BCUT2D eigenvalue weighted by Gasteiger charge is 2.19. The summed E-state index contributed by atoms with van der Waals surface area (Å²) in [5.41, 5.74) is 6.59. The summed E-state index contributed by atoms with van der Waals surface area (Å²) >= 11 is 1.74. The van der Waals surface area contributed by atoms with Gasteiger partial charge in [-0.15, -0.1) is 11.3 Å². The molecule has 3 heterocycles. The number of hydrogen-bond acceptors (Lipinski definition) is 4. The molecule has 2 aromatic carbocycles. The molecule has 0 N–H and O–H groups in total. The van der Waals surface area contributed by atoms with E-state index in [0.29, 0.717) is 5.92 Å². The van der Waals surface area contributed by atoms with Gasteiger partial charge in [-0.3, -0.25) is 4.98 Å². The Morgan fingerprint density at radius 2 is 1.67 bits per heavy atom. The van der Waals surface area contributed by atoms with Gasteiger partial charge in [0.15, 0.2) is 0 Å². The zero-order chi connectivity index (χ0) is 23.2. The topological polar surface area (TPSA) is 38.7 Å². The zero-order valence-electron chi connectivity index (χ0n) is 19.9. The van der Waals surface area contributed by atoms with Crippen molar-refractivity contribution in [3.63, 3.8) is 0 Å². The summed E-state index contributed by atoms with van der Waals surface area (Å²) in [4.78, 5) is 15.3. The molecule has 0 bridgehead atoms. The summed E-state index contributed by atoms with van der Waals surface area (Å²) in [5.74, 6) is 0.595. The van der Waals surface area contributed by atoms with E-state index >= 15 is 0 Å². The minimum Gasteiger partial charge on any atom is -0.252 e. The van der Waals surface area contributed by atoms with Gasteiger partial charge in [-0.1, -0.05) is 58.9 Å². The molecule has 0 aliphatic heterocycles. The standard InChI is InChI=1S/C29H29N3S/c1-18(2)12-21-10-11-27-26(32-21)16-28(33-27)25-15-24(30-17-31-25)20-13-19-8-6-7-9-22(19)23(14-20)29(3,4)5/h6-11,13-18H,12H2,1-5H3. The van der Waals surface area contributed by atoms with Crippen LogP contribution < -0.4 is 0 Å². The van der Waals surface area contributed by atoms with Crippen LogP contribution in [0.3, 0.4) is 0 Å². The van der Waals surface area contributed by atoms with Crippen molar-refractivity contribution in [3.8, 4) is 21.8 Å². The fourth-order valence-electron chi connectivity index (χ4n) is 4.35. The molecule has 0 aliphatic carbocycles. The lowest BCUT2D eigenvalue weighted by Crippen LogP contribution is -2.12. The number of fused-ring (bicyclic) bond motifs is 2. The molecule has 0 saturated carbocycles. The third-order valence-corrected chi connectivity index (χ3v) is 7.05. The number of aromatic nitrogens is 3. The SMILES string of the molecule is CC(C)Cc1ccc2sc(-c3cc(-c4cc(C(C)(C)C)c5ccccc5c4)ncn3)cc2n1. The molecule has 0 unspecified atom stereocenters. The van der Waals surface area contributed by atoms with Crippen molar-refractivity contribution in [2.45, 2.75) is 46.5 Å². The number of pyridine rings is 1. The first-order valence-corrected chi connectivity index (χ1v) is 12.3. The number of hydrogen-bond donors (Lipinski definition) is 0. The molecule has 33 heavy (non-hydrogen) atoms. The van der Waals surface area contributed by atoms with Crippen molar-refractivity contribution in [3.05, 3.63) is 78.2 Å². The number of nitrogens with zero attached hydrogens (tertiary/aromatic N) is 3. The fraction of sp³-hybridized carbons (Fsp3) is 0.276. The van der Waals surface area contributed by atoms with Crippen molar-refractivity contribution >= 4 is 32.3 Å². The highest BCUT2D eigenvalue weighted by Crippen LogP contribution is 2.36. The maximum atomic E-state index is 4.88. The normalized spacial score (nSPS) is 12.2. The van der Waals surface area contributed by atoms with Crippen LogP contribution in [0.25, 0.3) is 42.8 Å². The maximum Gasteiger partial charge on any atom is 0.116 e. The monoisotopic (exact) mass is 451 g/mol.